The van der Waals surface area contributed by atoms with E-state index in [1.54, 1.807) is 0 Å². The Morgan fingerprint density at radius 2 is 1.50 bits per heavy atom. The van der Waals surface area contributed by atoms with E-state index in [-0.39, 0.29) is 28.1 Å². The Kier molecular flexibility index (Phi) is 5.97. The summed E-state index contributed by atoms with van der Waals surface area (Å²) in [4.78, 5) is 14.4. The molecular formula is C20H41NO3Si2. The minimum Gasteiger partial charge on any atom is -0.415 e. The van der Waals surface area contributed by atoms with Gasteiger partial charge in [-0.3, -0.25) is 4.79 Å². The molecule has 0 bridgehead atoms. The van der Waals surface area contributed by atoms with E-state index in [1.165, 1.54) is 0 Å². The highest BCUT2D eigenvalue weighted by Gasteiger charge is 2.51. The van der Waals surface area contributed by atoms with Gasteiger partial charge in [-0.2, -0.15) is 0 Å². The predicted molar refractivity (Wildman–Crippen MR) is 113 cm³/mol. The van der Waals surface area contributed by atoms with Crippen LogP contribution in [0.25, 0.3) is 0 Å². The third-order valence-electron chi connectivity index (χ3n) is 7.34. The summed E-state index contributed by atoms with van der Waals surface area (Å²) in [5.41, 5.74) is 0. The SMILES string of the molecule is CC(C)(C)[Si](C)(C)OC[C@@H]1[C@H](O[Si](C)(C)C(C)(C)C)CC[C@@H]2CC(=O)N21. The van der Waals surface area contributed by atoms with Gasteiger partial charge in [-0.15, -0.1) is 0 Å². The number of β-lactam (4-membered cyclic amide) rings is 1. The van der Waals surface area contributed by atoms with Gasteiger partial charge < -0.3 is 13.8 Å². The molecule has 2 aliphatic heterocycles. The first kappa shape index (κ1) is 22.1. The van der Waals surface area contributed by atoms with Crippen LogP contribution in [0.15, 0.2) is 0 Å². The maximum absolute atomic E-state index is 12.3. The largest absolute Gasteiger partial charge is 0.415 e. The van der Waals surface area contributed by atoms with Gasteiger partial charge in [0.2, 0.25) is 5.91 Å². The van der Waals surface area contributed by atoms with E-state index < -0.39 is 16.6 Å². The summed E-state index contributed by atoms with van der Waals surface area (Å²) in [7, 11) is -3.72. The normalized spacial score (nSPS) is 28.0. The van der Waals surface area contributed by atoms with Gasteiger partial charge in [-0.1, -0.05) is 41.5 Å². The molecule has 0 unspecified atom stereocenters. The van der Waals surface area contributed by atoms with Crippen LogP contribution in [0.3, 0.4) is 0 Å². The van der Waals surface area contributed by atoms with Crippen molar-refractivity contribution in [3.8, 4) is 0 Å². The highest BCUT2D eigenvalue weighted by atomic mass is 28.4. The van der Waals surface area contributed by atoms with Gasteiger partial charge in [0.1, 0.15) is 0 Å². The summed E-state index contributed by atoms with van der Waals surface area (Å²) in [6.07, 6.45) is 2.94. The molecule has 0 aromatic rings. The van der Waals surface area contributed by atoms with Crippen molar-refractivity contribution in [2.24, 2.45) is 0 Å². The zero-order valence-corrected chi connectivity index (χ0v) is 20.7. The molecule has 6 heteroatoms. The second-order valence-corrected chi connectivity index (χ2v) is 20.9. The quantitative estimate of drug-likeness (QED) is 0.473. The molecule has 26 heavy (non-hydrogen) atoms. The Labute approximate surface area is 163 Å². The van der Waals surface area contributed by atoms with Crippen molar-refractivity contribution in [3.05, 3.63) is 0 Å². The lowest BCUT2D eigenvalue weighted by molar-refractivity contribution is -0.162. The lowest BCUT2D eigenvalue weighted by atomic mass is 9.85. The van der Waals surface area contributed by atoms with Crippen molar-refractivity contribution in [1.29, 1.82) is 0 Å². The molecule has 2 heterocycles. The van der Waals surface area contributed by atoms with Gasteiger partial charge in [-0.05, 0) is 49.1 Å². The monoisotopic (exact) mass is 399 g/mol. The summed E-state index contributed by atoms with van der Waals surface area (Å²) in [5.74, 6) is 0.280. The zero-order chi connectivity index (χ0) is 20.1. The maximum Gasteiger partial charge on any atom is 0.225 e. The number of carbonyl (C=O) groups excluding carboxylic acids is 1. The van der Waals surface area contributed by atoms with Crippen LogP contribution in [0.1, 0.15) is 60.8 Å². The minimum absolute atomic E-state index is 0.0817. The van der Waals surface area contributed by atoms with Crippen LogP contribution in [0.2, 0.25) is 36.3 Å². The van der Waals surface area contributed by atoms with Gasteiger partial charge in [0, 0.05) is 12.5 Å². The molecule has 2 rings (SSSR count). The van der Waals surface area contributed by atoms with E-state index in [9.17, 15) is 4.79 Å². The molecule has 0 saturated carbocycles. The number of piperidine rings is 1. The molecule has 152 valence electrons. The average Bonchev–Trinajstić information content (AvgIpc) is 2.43. The fourth-order valence-corrected chi connectivity index (χ4v) is 5.72. The number of fused-ring (bicyclic) bond motifs is 1. The highest BCUT2D eigenvalue weighted by Crippen LogP contribution is 2.43. The lowest BCUT2D eigenvalue weighted by Crippen LogP contribution is -2.67. The summed E-state index contributed by atoms with van der Waals surface area (Å²) >= 11 is 0. The molecule has 0 aliphatic carbocycles. The molecule has 4 nitrogen and oxygen atoms in total. The summed E-state index contributed by atoms with van der Waals surface area (Å²) in [6, 6.07) is 0.494. The molecule has 0 spiro atoms. The lowest BCUT2D eigenvalue weighted by Gasteiger charge is -2.54. The van der Waals surface area contributed by atoms with E-state index in [0.29, 0.717) is 19.1 Å². The van der Waals surface area contributed by atoms with Gasteiger partial charge >= 0.3 is 0 Å². The average molecular weight is 400 g/mol. The summed E-state index contributed by atoms with van der Waals surface area (Å²) < 4.78 is 13.3. The van der Waals surface area contributed by atoms with Gasteiger partial charge in [-0.25, -0.2) is 0 Å². The molecule has 1 amide bonds. The fourth-order valence-electron chi connectivity index (χ4n) is 3.31. The molecule has 2 fully saturated rings. The Balaban J connectivity index is 2.17. The van der Waals surface area contributed by atoms with Crippen molar-refractivity contribution < 1.29 is 13.6 Å². The van der Waals surface area contributed by atoms with Gasteiger partial charge in [0.25, 0.3) is 0 Å². The molecule has 0 N–H and O–H groups in total. The molecular weight excluding hydrogens is 358 g/mol. The van der Waals surface area contributed by atoms with Crippen molar-refractivity contribution in [1.82, 2.24) is 4.90 Å². The van der Waals surface area contributed by atoms with Gasteiger partial charge in [0.05, 0.1) is 18.8 Å². The Hall–Kier alpha value is -0.176. The predicted octanol–water partition coefficient (Wildman–Crippen LogP) is 5.16. The second-order valence-electron chi connectivity index (χ2n) is 11.3. The Morgan fingerprint density at radius 1 is 0.962 bits per heavy atom. The van der Waals surface area contributed by atoms with Crippen molar-refractivity contribution >= 4 is 22.5 Å². The van der Waals surface area contributed by atoms with Crippen LogP contribution >= 0.6 is 0 Å². The third-order valence-corrected chi connectivity index (χ3v) is 16.3. The first-order chi connectivity index (χ1) is 11.6. The van der Waals surface area contributed by atoms with E-state index in [2.05, 4.69) is 72.6 Å². The van der Waals surface area contributed by atoms with Gasteiger partial charge in [0.15, 0.2) is 16.6 Å². The van der Waals surface area contributed by atoms with Crippen LogP contribution in [-0.2, 0) is 13.6 Å². The Morgan fingerprint density at radius 3 is 1.96 bits per heavy atom. The molecule has 0 aromatic carbocycles. The first-order valence-electron chi connectivity index (χ1n) is 10.2. The maximum atomic E-state index is 12.3. The standard InChI is InChI=1S/C20H41NO3Si2/c1-19(2,3)25(7,8)23-14-16-17(24-26(9,10)20(4,5)6)12-11-15-13-18(22)21(15)16/h15-17H,11-14H2,1-10H3/t15-,16-,17-/m1/s1. The smallest absolute Gasteiger partial charge is 0.225 e. The topological polar surface area (TPSA) is 38.8 Å². The molecule has 2 aliphatic rings. The number of hydrogen-bond acceptors (Lipinski definition) is 3. The summed E-state index contributed by atoms with van der Waals surface area (Å²) in [5, 5.41) is 0.351. The van der Waals surface area contributed by atoms with Crippen LogP contribution in [0.5, 0.6) is 0 Å². The van der Waals surface area contributed by atoms with Crippen LogP contribution in [0.4, 0.5) is 0 Å². The van der Waals surface area contributed by atoms with E-state index in [4.69, 9.17) is 8.85 Å². The minimum atomic E-state index is -1.88. The highest BCUT2D eigenvalue weighted by molar-refractivity contribution is 6.74. The number of amides is 1. The summed E-state index contributed by atoms with van der Waals surface area (Å²) in [6.45, 7) is 23.4. The second kappa shape index (κ2) is 7.01. The van der Waals surface area contributed by atoms with Crippen molar-refractivity contribution in [2.45, 2.75) is 115 Å². The molecule has 3 atom stereocenters. The molecule has 0 aromatic heterocycles. The van der Waals surface area contributed by atoms with Crippen LogP contribution < -0.4 is 0 Å². The van der Waals surface area contributed by atoms with E-state index >= 15 is 0 Å². The zero-order valence-electron chi connectivity index (χ0n) is 18.7. The number of hydrogen-bond donors (Lipinski definition) is 0. The molecule has 2 saturated heterocycles. The Bertz CT molecular complexity index is 534. The van der Waals surface area contributed by atoms with Crippen molar-refractivity contribution in [3.63, 3.8) is 0 Å². The van der Waals surface area contributed by atoms with Crippen LogP contribution in [0, 0.1) is 0 Å². The number of nitrogens with zero attached hydrogens (tertiary/aromatic N) is 1. The number of carbonyl (C=O) groups is 1. The van der Waals surface area contributed by atoms with Crippen molar-refractivity contribution in [2.75, 3.05) is 6.61 Å². The number of rotatable bonds is 5. The van der Waals surface area contributed by atoms with E-state index in [0.717, 1.165) is 12.8 Å². The first-order valence-corrected chi connectivity index (χ1v) is 16.0. The fraction of sp³-hybridized carbons (Fsp3) is 0.950. The van der Waals surface area contributed by atoms with Crippen LogP contribution in [-0.4, -0.2) is 52.2 Å². The van der Waals surface area contributed by atoms with E-state index in [1.807, 2.05) is 0 Å². The third kappa shape index (κ3) is 4.28. The molecule has 0 radical (unpaired) electrons.